The fourth-order valence-corrected chi connectivity index (χ4v) is 2.44. The molecule has 0 saturated heterocycles. The Labute approximate surface area is 118 Å². The van der Waals surface area contributed by atoms with Gasteiger partial charge in [-0.1, -0.05) is 42.5 Å². The summed E-state index contributed by atoms with van der Waals surface area (Å²) in [7, 11) is 0. The maximum absolute atomic E-state index is 11.1. The highest BCUT2D eigenvalue weighted by atomic mass is 35.5. The molecule has 3 nitrogen and oxygen atoms in total. The molecule has 2 N–H and O–H groups in total. The summed E-state index contributed by atoms with van der Waals surface area (Å²) in [6, 6.07) is 0.348. The predicted octanol–water partition coefficient (Wildman–Crippen LogP) is 2.78. The first-order valence-corrected chi connectivity index (χ1v) is 7.21. The van der Waals surface area contributed by atoms with Gasteiger partial charge < -0.3 is 5.32 Å². The molecule has 1 saturated carbocycles. The van der Waals surface area contributed by atoms with E-state index in [1.54, 1.807) is 0 Å². The standard InChI is InChI=1S/C11H19Cl3N2O/c1-8(17)15-10(11(13,14)7-12)16-9-5-3-2-4-6-9/h9-10,16H,2-7H2,1H3,(H,15,17). The zero-order valence-electron chi connectivity index (χ0n) is 9.94. The van der Waals surface area contributed by atoms with Crippen molar-refractivity contribution in [3.05, 3.63) is 0 Å². The summed E-state index contributed by atoms with van der Waals surface area (Å²) in [4.78, 5) is 11.1. The van der Waals surface area contributed by atoms with Crippen molar-refractivity contribution in [3.8, 4) is 0 Å². The van der Waals surface area contributed by atoms with Gasteiger partial charge >= 0.3 is 0 Å². The van der Waals surface area contributed by atoms with Crippen LogP contribution in [-0.4, -0.2) is 28.3 Å². The summed E-state index contributed by atoms with van der Waals surface area (Å²) in [5.41, 5.74) is 0. The summed E-state index contributed by atoms with van der Waals surface area (Å²) in [6.07, 6.45) is 5.32. The summed E-state index contributed by atoms with van der Waals surface area (Å²) < 4.78 is -1.19. The zero-order valence-corrected chi connectivity index (χ0v) is 12.2. The molecule has 1 fully saturated rings. The van der Waals surface area contributed by atoms with Gasteiger partial charge in [0.1, 0.15) is 6.17 Å². The fourth-order valence-electron chi connectivity index (χ4n) is 2.05. The van der Waals surface area contributed by atoms with Crippen molar-refractivity contribution in [2.75, 3.05) is 5.88 Å². The van der Waals surface area contributed by atoms with Crippen molar-refractivity contribution in [3.63, 3.8) is 0 Å². The number of hydrogen-bond donors (Lipinski definition) is 2. The van der Waals surface area contributed by atoms with E-state index in [1.807, 2.05) is 0 Å². The topological polar surface area (TPSA) is 41.1 Å². The van der Waals surface area contributed by atoms with E-state index in [-0.39, 0.29) is 11.8 Å². The molecule has 1 rings (SSSR count). The maximum atomic E-state index is 11.1. The Kier molecular flexibility index (Phi) is 6.35. The summed E-state index contributed by atoms with van der Waals surface area (Å²) in [5, 5.41) is 6.02. The Morgan fingerprint density at radius 2 is 1.94 bits per heavy atom. The van der Waals surface area contributed by atoms with Gasteiger partial charge in [-0.25, -0.2) is 0 Å². The molecule has 1 aliphatic carbocycles. The van der Waals surface area contributed by atoms with Gasteiger partial charge in [0.05, 0.1) is 5.88 Å². The van der Waals surface area contributed by atoms with E-state index >= 15 is 0 Å². The molecule has 6 heteroatoms. The highest BCUT2D eigenvalue weighted by molar-refractivity contribution is 6.52. The van der Waals surface area contributed by atoms with E-state index in [4.69, 9.17) is 34.8 Å². The number of carbonyl (C=O) groups is 1. The summed E-state index contributed by atoms with van der Waals surface area (Å²) >= 11 is 17.9. The molecule has 1 aliphatic rings. The van der Waals surface area contributed by atoms with Crippen molar-refractivity contribution in [2.24, 2.45) is 0 Å². The van der Waals surface area contributed by atoms with Gasteiger partial charge in [0, 0.05) is 13.0 Å². The number of alkyl halides is 3. The first kappa shape index (κ1) is 15.4. The predicted molar refractivity (Wildman–Crippen MR) is 72.8 cm³/mol. The highest BCUT2D eigenvalue weighted by Crippen LogP contribution is 2.27. The first-order valence-electron chi connectivity index (χ1n) is 5.92. The lowest BCUT2D eigenvalue weighted by molar-refractivity contribution is -0.120. The van der Waals surface area contributed by atoms with E-state index in [9.17, 15) is 4.79 Å². The van der Waals surface area contributed by atoms with E-state index in [0.717, 1.165) is 12.8 Å². The molecule has 0 aromatic carbocycles. The largest absolute Gasteiger partial charge is 0.338 e. The quantitative estimate of drug-likeness (QED) is 0.605. The number of rotatable bonds is 5. The van der Waals surface area contributed by atoms with Crippen LogP contribution < -0.4 is 10.6 Å². The van der Waals surface area contributed by atoms with Gasteiger partial charge in [0.2, 0.25) is 5.91 Å². The Balaban J connectivity index is 2.58. The second kappa shape index (κ2) is 7.03. The van der Waals surface area contributed by atoms with Crippen LogP contribution in [0.15, 0.2) is 0 Å². The molecule has 0 heterocycles. The molecule has 0 aromatic rings. The lowest BCUT2D eigenvalue weighted by Crippen LogP contribution is -2.58. The molecule has 0 aromatic heterocycles. The SMILES string of the molecule is CC(=O)NC(NC1CCCCC1)C(Cl)(Cl)CCl. The molecule has 1 atom stereocenters. The van der Waals surface area contributed by atoms with Crippen molar-refractivity contribution in [2.45, 2.75) is 55.6 Å². The highest BCUT2D eigenvalue weighted by Gasteiger charge is 2.36. The Morgan fingerprint density at radius 1 is 1.35 bits per heavy atom. The number of amides is 1. The monoisotopic (exact) mass is 300 g/mol. The minimum Gasteiger partial charge on any atom is -0.338 e. The average Bonchev–Trinajstić information content (AvgIpc) is 2.29. The number of carbonyl (C=O) groups excluding carboxylic acids is 1. The molecule has 0 aliphatic heterocycles. The van der Waals surface area contributed by atoms with Crippen molar-refractivity contribution >= 4 is 40.7 Å². The lowest BCUT2D eigenvalue weighted by atomic mass is 9.95. The Morgan fingerprint density at radius 3 is 2.41 bits per heavy atom. The van der Waals surface area contributed by atoms with Gasteiger partial charge in [-0.2, -0.15) is 0 Å². The molecule has 0 spiro atoms. The van der Waals surface area contributed by atoms with Crippen LogP contribution in [0.3, 0.4) is 0 Å². The van der Waals surface area contributed by atoms with Crippen molar-refractivity contribution < 1.29 is 4.79 Å². The second-order valence-corrected chi connectivity index (χ2v) is 6.34. The van der Waals surface area contributed by atoms with Crippen LogP contribution in [0.2, 0.25) is 0 Å². The van der Waals surface area contributed by atoms with Crippen LogP contribution in [0.5, 0.6) is 0 Å². The first-order chi connectivity index (χ1) is 7.95. The van der Waals surface area contributed by atoms with Gasteiger partial charge in [-0.05, 0) is 12.8 Å². The third-order valence-corrected chi connectivity index (χ3v) is 4.35. The van der Waals surface area contributed by atoms with Gasteiger partial charge in [-0.3, -0.25) is 10.1 Å². The molecule has 0 radical (unpaired) electrons. The molecule has 1 unspecified atom stereocenters. The third-order valence-electron chi connectivity index (χ3n) is 2.96. The van der Waals surface area contributed by atoms with Crippen LogP contribution in [0.25, 0.3) is 0 Å². The number of hydrogen-bond acceptors (Lipinski definition) is 2. The molecule has 100 valence electrons. The minimum atomic E-state index is -1.19. The molecule has 1 amide bonds. The van der Waals surface area contributed by atoms with Gasteiger partial charge in [-0.15, -0.1) is 11.6 Å². The molecular formula is C11H19Cl3N2O. The minimum absolute atomic E-state index is 0.0563. The van der Waals surface area contributed by atoms with Crippen LogP contribution in [0, 0.1) is 0 Å². The van der Waals surface area contributed by atoms with Gasteiger partial charge in [0.25, 0.3) is 0 Å². The number of halogens is 3. The zero-order chi connectivity index (χ0) is 12.9. The van der Waals surface area contributed by atoms with Gasteiger partial charge in [0.15, 0.2) is 4.33 Å². The second-order valence-electron chi connectivity index (χ2n) is 4.53. The smallest absolute Gasteiger partial charge is 0.218 e. The third kappa shape index (κ3) is 5.21. The number of nitrogens with one attached hydrogen (secondary N) is 2. The molecule has 0 bridgehead atoms. The van der Waals surface area contributed by atoms with E-state index in [0.29, 0.717) is 6.04 Å². The Hall–Kier alpha value is 0.300. The average molecular weight is 302 g/mol. The maximum Gasteiger partial charge on any atom is 0.218 e. The molecular weight excluding hydrogens is 282 g/mol. The van der Waals surface area contributed by atoms with Crippen LogP contribution in [0.4, 0.5) is 0 Å². The summed E-state index contributed by atoms with van der Waals surface area (Å²) in [5.74, 6) is -0.116. The van der Waals surface area contributed by atoms with Crippen LogP contribution >= 0.6 is 34.8 Å². The Bertz CT molecular complexity index is 255. The van der Waals surface area contributed by atoms with Crippen LogP contribution in [0.1, 0.15) is 39.0 Å². The normalized spacial score (nSPS) is 20.0. The van der Waals surface area contributed by atoms with E-state index in [1.165, 1.54) is 26.2 Å². The lowest BCUT2D eigenvalue weighted by Gasteiger charge is -2.34. The summed E-state index contributed by atoms with van der Waals surface area (Å²) in [6.45, 7) is 1.44. The van der Waals surface area contributed by atoms with E-state index in [2.05, 4.69) is 10.6 Å². The fraction of sp³-hybridized carbons (Fsp3) is 0.909. The van der Waals surface area contributed by atoms with Crippen LogP contribution in [-0.2, 0) is 4.79 Å². The van der Waals surface area contributed by atoms with E-state index < -0.39 is 10.5 Å². The van der Waals surface area contributed by atoms with Crippen molar-refractivity contribution in [1.29, 1.82) is 0 Å². The van der Waals surface area contributed by atoms with Crippen molar-refractivity contribution in [1.82, 2.24) is 10.6 Å². The molecule has 17 heavy (non-hydrogen) atoms.